The van der Waals surface area contributed by atoms with Gasteiger partial charge in [0.2, 0.25) is 5.91 Å². The molecular formula is C11H10ClF3N2O3. The lowest BCUT2D eigenvalue weighted by Crippen LogP contribution is -2.26. The van der Waals surface area contributed by atoms with Crippen molar-refractivity contribution in [3.05, 3.63) is 28.8 Å². The van der Waals surface area contributed by atoms with Crippen LogP contribution in [0, 0.1) is 0 Å². The Morgan fingerprint density at radius 1 is 1.25 bits per heavy atom. The van der Waals surface area contributed by atoms with Gasteiger partial charge in [-0.1, -0.05) is 11.6 Å². The van der Waals surface area contributed by atoms with Crippen LogP contribution in [0.2, 0.25) is 5.02 Å². The largest absolute Gasteiger partial charge is 0.465 e. The quantitative estimate of drug-likeness (QED) is 0.800. The lowest BCUT2D eigenvalue weighted by molar-refractivity contribution is -0.137. The van der Waals surface area contributed by atoms with E-state index >= 15 is 0 Å². The van der Waals surface area contributed by atoms with E-state index in [4.69, 9.17) is 16.7 Å². The Morgan fingerprint density at radius 3 is 2.45 bits per heavy atom. The van der Waals surface area contributed by atoms with Crippen molar-refractivity contribution in [3.8, 4) is 0 Å². The molecule has 2 amide bonds. The second kappa shape index (κ2) is 6.47. The SMILES string of the molecule is O=C(O)NCCC(=O)Nc1cc(Cl)cc(C(F)(F)F)c1. The van der Waals surface area contributed by atoms with Crippen LogP contribution in [0.3, 0.4) is 0 Å². The van der Waals surface area contributed by atoms with Crippen molar-refractivity contribution in [2.75, 3.05) is 11.9 Å². The molecule has 0 radical (unpaired) electrons. The van der Waals surface area contributed by atoms with E-state index in [1.165, 1.54) is 6.07 Å². The van der Waals surface area contributed by atoms with E-state index < -0.39 is 23.7 Å². The first kappa shape index (κ1) is 16.1. The van der Waals surface area contributed by atoms with E-state index in [2.05, 4.69) is 5.32 Å². The van der Waals surface area contributed by atoms with Gasteiger partial charge in [0.05, 0.1) is 5.56 Å². The highest BCUT2D eigenvalue weighted by Gasteiger charge is 2.31. The van der Waals surface area contributed by atoms with E-state index in [1.807, 2.05) is 5.32 Å². The lowest BCUT2D eigenvalue weighted by Gasteiger charge is -2.11. The van der Waals surface area contributed by atoms with E-state index in [1.54, 1.807) is 0 Å². The molecule has 0 heterocycles. The minimum absolute atomic E-state index is 0.106. The van der Waals surface area contributed by atoms with Crippen LogP contribution in [0.5, 0.6) is 0 Å². The van der Waals surface area contributed by atoms with Crippen LogP contribution in [0.1, 0.15) is 12.0 Å². The van der Waals surface area contributed by atoms with Crippen LogP contribution in [-0.2, 0) is 11.0 Å². The summed E-state index contributed by atoms with van der Waals surface area (Å²) in [5, 5.41) is 12.3. The van der Waals surface area contributed by atoms with Crippen molar-refractivity contribution in [3.63, 3.8) is 0 Å². The number of carboxylic acid groups (broad SMARTS) is 1. The standard InChI is InChI=1S/C11H10ClF3N2O3/c12-7-3-6(11(13,14)15)4-8(5-7)17-9(18)1-2-16-10(19)20/h3-5,16H,1-2H2,(H,17,18)(H,19,20). The second-order valence-electron chi connectivity index (χ2n) is 3.76. The van der Waals surface area contributed by atoms with Gasteiger partial charge < -0.3 is 15.7 Å². The molecule has 0 saturated heterocycles. The maximum absolute atomic E-state index is 12.5. The van der Waals surface area contributed by atoms with Crippen LogP contribution in [0.25, 0.3) is 0 Å². The normalized spacial score (nSPS) is 11.0. The average Bonchev–Trinajstić information content (AvgIpc) is 2.26. The summed E-state index contributed by atoms with van der Waals surface area (Å²) in [6.07, 6.45) is -6.07. The van der Waals surface area contributed by atoms with Crippen LogP contribution >= 0.6 is 11.6 Å². The van der Waals surface area contributed by atoms with Crippen molar-refractivity contribution in [1.29, 1.82) is 0 Å². The number of alkyl halides is 3. The molecule has 1 rings (SSSR count). The van der Waals surface area contributed by atoms with Crippen molar-refractivity contribution >= 4 is 29.3 Å². The summed E-state index contributed by atoms with van der Waals surface area (Å²) in [5.74, 6) is -0.630. The van der Waals surface area contributed by atoms with Crippen molar-refractivity contribution in [2.45, 2.75) is 12.6 Å². The number of halogens is 4. The summed E-state index contributed by atoms with van der Waals surface area (Å²) in [5.41, 5.74) is -1.09. The molecule has 0 aromatic heterocycles. The fourth-order valence-electron chi connectivity index (χ4n) is 1.33. The topological polar surface area (TPSA) is 78.4 Å². The summed E-state index contributed by atoms with van der Waals surface area (Å²) in [7, 11) is 0. The van der Waals surface area contributed by atoms with E-state index in [-0.39, 0.29) is 23.7 Å². The molecular weight excluding hydrogens is 301 g/mol. The predicted molar refractivity (Wildman–Crippen MR) is 65.7 cm³/mol. The molecule has 0 aliphatic heterocycles. The molecule has 0 aliphatic carbocycles. The number of amides is 2. The molecule has 20 heavy (non-hydrogen) atoms. The van der Waals surface area contributed by atoms with Gasteiger partial charge in [0.15, 0.2) is 0 Å². The maximum Gasteiger partial charge on any atom is 0.416 e. The highest BCUT2D eigenvalue weighted by molar-refractivity contribution is 6.31. The fraction of sp³-hybridized carbons (Fsp3) is 0.273. The zero-order valence-electron chi connectivity index (χ0n) is 9.92. The molecule has 0 aliphatic rings. The van der Waals surface area contributed by atoms with Gasteiger partial charge in [-0.3, -0.25) is 4.79 Å². The highest BCUT2D eigenvalue weighted by Crippen LogP contribution is 2.33. The number of benzene rings is 1. The monoisotopic (exact) mass is 310 g/mol. The minimum atomic E-state index is -4.57. The summed E-state index contributed by atoms with van der Waals surface area (Å²) < 4.78 is 37.6. The highest BCUT2D eigenvalue weighted by atomic mass is 35.5. The molecule has 0 bridgehead atoms. The fourth-order valence-corrected chi connectivity index (χ4v) is 1.57. The van der Waals surface area contributed by atoms with Gasteiger partial charge >= 0.3 is 12.3 Å². The molecule has 0 saturated carbocycles. The van der Waals surface area contributed by atoms with Crippen molar-refractivity contribution in [2.24, 2.45) is 0 Å². The number of carbonyl (C=O) groups is 2. The van der Waals surface area contributed by atoms with Crippen LogP contribution < -0.4 is 10.6 Å². The van der Waals surface area contributed by atoms with Crippen molar-refractivity contribution in [1.82, 2.24) is 5.32 Å². The molecule has 0 spiro atoms. The zero-order valence-corrected chi connectivity index (χ0v) is 10.7. The van der Waals surface area contributed by atoms with Gasteiger partial charge in [-0.25, -0.2) is 4.79 Å². The van der Waals surface area contributed by atoms with Gasteiger partial charge in [-0.05, 0) is 18.2 Å². The van der Waals surface area contributed by atoms with Crippen molar-refractivity contribution < 1.29 is 27.9 Å². The Bertz CT molecular complexity index is 520. The Morgan fingerprint density at radius 2 is 1.90 bits per heavy atom. The van der Waals surface area contributed by atoms with Gasteiger partial charge in [0.1, 0.15) is 0 Å². The third kappa shape index (κ3) is 5.35. The number of nitrogens with one attached hydrogen (secondary N) is 2. The van der Waals surface area contributed by atoms with Gasteiger partial charge in [0.25, 0.3) is 0 Å². The Labute approximate surface area is 116 Å². The summed E-state index contributed by atoms with van der Waals surface area (Å²) >= 11 is 5.54. The smallest absolute Gasteiger partial charge is 0.416 e. The average molecular weight is 311 g/mol. The lowest BCUT2D eigenvalue weighted by atomic mass is 10.2. The van der Waals surface area contributed by atoms with Gasteiger partial charge in [0, 0.05) is 23.7 Å². The molecule has 1 aromatic rings. The number of rotatable bonds is 4. The Hall–Kier alpha value is -1.96. The molecule has 110 valence electrons. The molecule has 3 N–H and O–H groups in total. The molecule has 9 heteroatoms. The maximum atomic E-state index is 12.5. The third-order valence-corrected chi connectivity index (χ3v) is 2.36. The van der Waals surface area contributed by atoms with E-state index in [0.717, 1.165) is 12.1 Å². The minimum Gasteiger partial charge on any atom is -0.465 e. The van der Waals surface area contributed by atoms with Gasteiger partial charge in [-0.2, -0.15) is 13.2 Å². The molecule has 1 aromatic carbocycles. The first-order chi connectivity index (χ1) is 9.18. The van der Waals surface area contributed by atoms with Gasteiger partial charge in [-0.15, -0.1) is 0 Å². The zero-order chi connectivity index (χ0) is 15.3. The first-order valence-corrected chi connectivity index (χ1v) is 5.70. The first-order valence-electron chi connectivity index (χ1n) is 5.33. The Balaban J connectivity index is 2.70. The van der Waals surface area contributed by atoms with E-state index in [0.29, 0.717) is 0 Å². The van der Waals surface area contributed by atoms with E-state index in [9.17, 15) is 22.8 Å². The number of hydrogen-bond acceptors (Lipinski definition) is 2. The third-order valence-electron chi connectivity index (χ3n) is 2.14. The van der Waals surface area contributed by atoms with Crippen LogP contribution in [-0.4, -0.2) is 23.7 Å². The number of anilines is 1. The number of hydrogen-bond donors (Lipinski definition) is 3. The summed E-state index contributed by atoms with van der Waals surface area (Å²) in [4.78, 5) is 21.6. The second-order valence-corrected chi connectivity index (χ2v) is 4.19. The molecule has 0 atom stereocenters. The molecule has 0 fully saturated rings. The summed E-state index contributed by atoms with van der Waals surface area (Å²) in [6, 6.07) is 2.65. The molecule has 5 nitrogen and oxygen atoms in total. The van der Waals surface area contributed by atoms with Crippen LogP contribution in [0.4, 0.5) is 23.7 Å². The number of carbonyl (C=O) groups excluding carboxylic acids is 1. The van der Waals surface area contributed by atoms with Crippen LogP contribution in [0.15, 0.2) is 18.2 Å². The Kier molecular flexibility index (Phi) is 5.20. The molecule has 0 unspecified atom stereocenters. The summed E-state index contributed by atoms with van der Waals surface area (Å²) in [6.45, 7) is -0.145. The predicted octanol–water partition coefficient (Wildman–Crippen LogP) is 2.96.